The Morgan fingerprint density at radius 1 is 1.15 bits per heavy atom. The number of fused-ring (bicyclic) bond motifs is 1. The Morgan fingerprint density at radius 3 is 2.75 bits per heavy atom. The normalized spacial score (nSPS) is 16.9. The van der Waals surface area contributed by atoms with Crippen molar-refractivity contribution in [1.82, 2.24) is 5.32 Å². The van der Waals surface area contributed by atoms with Crippen LogP contribution in [-0.2, 0) is 0 Å². The summed E-state index contributed by atoms with van der Waals surface area (Å²) in [5, 5.41) is 3.49. The number of benzene rings is 2. The Morgan fingerprint density at radius 2 is 1.90 bits per heavy atom. The number of hydrogen-bond acceptors (Lipinski definition) is 2. The lowest BCUT2D eigenvalue weighted by Crippen LogP contribution is -2.32. The zero-order valence-corrected chi connectivity index (χ0v) is 11.6. The lowest BCUT2D eigenvalue weighted by molar-refractivity contribution is 0.0925. The van der Waals surface area contributed by atoms with Crippen molar-refractivity contribution in [3.05, 3.63) is 64.7 Å². The highest BCUT2D eigenvalue weighted by atomic mass is 35.5. The van der Waals surface area contributed by atoms with E-state index in [1.165, 1.54) is 0 Å². The van der Waals surface area contributed by atoms with Gasteiger partial charge in [-0.1, -0.05) is 41.9 Å². The van der Waals surface area contributed by atoms with Gasteiger partial charge in [0.2, 0.25) is 0 Å². The van der Waals surface area contributed by atoms with E-state index in [-0.39, 0.29) is 11.9 Å². The molecule has 1 N–H and O–H groups in total. The SMILES string of the molecule is O=C(N[C@@H]1CCOc2ccccc21)c1ccccc1Cl. The van der Waals surface area contributed by atoms with E-state index in [0.717, 1.165) is 17.7 Å². The molecule has 0 saturated carbocycles. The Kier molecular flexibility index (Phi) is 3.61. The summed E-state index contributed by atoms with van der Waals surface area (Å²) in [6.45, 7) is 0.602. The van der Waals surface area contributed by atoms with Gasteiger partial charge in [0, 0.05) is 12.0 Å². The number of carbonyl (C=O) groups excluding carboxylic acids is 1. The quantitative estimate of drug-likeness (QED) is 0.916. The van der Waals surface area contributed by atoms with Crippen LogP contribution in [-0.4, -0.2) is 12.5 Å². The molecule has 3 rings (SSSR count). The minimum absolute atomic E-state index is 0.0382. The van der Waals surface area contributed by atoms with Crippen LogP contribution in [0.2, 0.25) is 5.02 Å². The Labute approximate surface area is 122 Å². The second-order valence-electron chi connectivity index (χ2n) is 4.68. The Bertz CT molecular complexity index is 642. The first-order valence-corrected chi connectivity index (χ1v) is 6.90. The first kappa shape index (κ1) is 13.0. The summed E-state index contributed by atoms with van der Waals surface area (Å²) in [5.74, 6) is 0.681. The molecule has 0 radical (unpaired) electrons. The van der Waals surface area contributed by atoms with Gasteiger partial charge in [-0.15, -0.1) is 0 Å². The van der Waals surface area contributed by atoms with Crippen LogP contribution in [0, 0.1) is 0 Å². The third kappa shape index (κ3) is 2.49. The van der Waals surface area contributed by atoms with Gasteiger partial charge in [-0.25, -0.2) is 0 Å². The standard InChI is InChI=1S/C16H14ClNO2/c17-13-7-3-1-5-11(13)16(19)18-14-9-10-20-15-8-4-2-6-12(14)15/h1-8,14H,9-10H2,(H,18,19)/t14-/m1/s1. The number of amides is 1. The molecule has 2 aromatic rings. The molecule has 102 valence electrons. The fourth-order valence-electron chi connectivity index (χ4n) is 2.37. The summed E-state index contributed by atoms with van der Waals surface area (Å²) < 4.78 is 5.59. The monoisotopic (exact) mass is 287 g/mol. The van der Waals surface area contributed by atoms with Gasteiger partial charge in [0.15, 0.2) is 0 Å². The number of rotatable bonds is 2. The maximum absolute atomic E-state index is 12.3. The van der Waals surface area contributed by atoms with Crippen LogP contribution >= 0.6 is 11.6 Å². The van der Waals surface area contributed by atoms with E-state index in [9.17, 15) is 4.79 Å². The molecule has 3 nitrogen and oxygen atoms in total. The number of para-hydroxylation sites is 1. The lowest BCUT2D eigenvalue weighted by atomic mass is 10.00. The highest BCUT2D eigenvalue weighted by Crippen LogP contribution is 2.31. The van der Waals surface area contributed by atoms with E-state index in [4.69, 9.17) is 16.3 Å². The fraction of sp³-hybridized carbons (Fsp3) is 0.188. The highest BCUT2D eigenvalue weighted by molar-refractivity contribution is 6.33. The smallest absolute Gasteiger partial charge is 0.253 e. The average molecular weight is 288 g/mol. The van der Waals surface area contributed by atoms with Crippen molar-refractivity contribution in [3.8, 4) is 5.75 Å². The minimum Gasteiger partial charge on any atom is -0.493 e. The van der Waals surface area contributed by atoms with Crippen LogP contribution < -0.4 is 10.1 Å². The van der Waals surface area contributed by atoms with Gasteiger partial charge in [0.05, 0.1) is 23.2 Å². The molecule has 1 heterocycles. The van der Waals surface area contributed by atoms with Gasteiger partial charge >= 0.3 is 0 Å². The summed E-state index contributed by atoms with van der Waals surface area (Å²) in [6, 6.07) is 14.8. The maximum atomic E-state index is 12.3. The van der Waals surface area contributed by atoms with Crippen LogP contribution in [0.5, 0.6) is 5.75 Å². The molecular weight excluding hydrogens is 274 g/mol. The van der Waals surface area contributed by atoms with Crippen molar-refractivity contribution >= 4 is 17.5 Å². The summed E-state index contributed by atoms with van der Waals surface area (Å²) >= 11 is 6.05. The Hall–Kier alpha value is -2.00. The molecule has 0 spiro atoms. The van der Waals surface area contributed by atoms with Gasteiger partial charge < -0.3 is 10.1 Å². The summed E-state index contributed by atoms with van der Waals surface area (Å²) in [6.07, 6.45) is 0.757. The number of hydrogen-bond donors (Lipinski definition) is 1. The van der Waals surface area contributed by atoms with Gasteiger partial charge in [-0.3, -0.25) is 4.79 Å². The molecule has 0 saturated heterocycles. The van der Waals surface area contributed by atoms with Crippen LogP contribution in [0.4, 0.5) is 0 Å². The first-order chi connectivity index (χ1) is 9.75. The first-order valence-electron chi connectivity index (χ1n) is 6.53. The molecule has 1 aliphatic heterocycles. The lowest BCUT2D eigenvalue weighted by Gasteiger charge is -2.26. The molecule has 0 bridgehead atoms. The van der Waals surface area contributed by atoms with Crippen LogP contribution in [0.15, 0.2) is 48.5 Å². The van der Waals surface area contributed by atoms with Crippen molar-refractivity contribution in [1.29, 1.82) is 0 Å². The van der Waals surface area contributed by atoms with E-state index in [0.29, 0.717) is 17.2 Å². The van der Waals surface area contributed by atoms with Crippen molar-refractivity contribution in [2.45, 2.75) is 12.5 Å². The molecule has 1 aliphatic rings. The second-order valence-corrected chi connectivity index (χ2v) is 5.09. The number of carbonyl (C=O) groups is 1. The molecule has 1 atom stereocenters. The largest absolute Gasteiger partial charge is 0.493 e. The molecular formula is C16H14ClNO2. The highest BCUT2D eigenvalue weighted by Gasteiger charge is 2.23. The zero-order chi connectivity index (χ0) is 13.9. The average Bonchev–Trinajstić information content (AvgIpc) is 2.48. The van der Waals surface area contributed by atoms with Gasteiger partial charge in [0.1, 0.15) is 5.75 Å². The van der Waals surface area contributed by atoms with E-state index < -0.39 is 0 Å². The number of nitrogens with one attached hydrogen (secondary N) is 1. The molecule has 0 unspecified atom stereocenters. The molecule has 4 heteroatoms. The van der Waals surface area contributed by atoms with E-state index in [1.807, 2.05) is 30.3 Å². The molecule has 0 aliphatic carbocycles. The summed E-state index contributed by atoms with van der Waals surface area (Å²) in [7, 11) is 0. The van der Waals surface area contributed by atoms with E-state index in [1.54, 1.807) is 18.2 Å². The molecule has 0 fully saturated rings. The van der Waals surface area contributed by atoms with Crippen LogP contribution in [0.25, 0.3) is 0 Å². The van der Waals surface area contributed by atoms with Gasteiger partial charge in [-0.05, 0) is 18.2 Å². The predicted molar refractivity (Wildman–Crippen MR) is 78.2 cm³/mol. The second kappa shape index (κ2) is 5.55. The fourth-order valence-corrected chi connectivity index (χ4v) is 2.59. The van der Waals surface area contributed by atoms with Gasteiger partial charge in [0.25, 0.3) is 5.91 Å². The van der Waals surface area contributed by atoms with Crippen molar-refractivity contribution in [2.75, 3.05) is 6.61 Å². The van der Waals surface area contributed by atoms with Crippen LogP contribution in [0.1, 0.15) is 28.4 Å². The van der Waals surface area contributed by atoms with Crippen molar-refractivity contribution in [3.63, 3.8) is 0 Å². The third-order valence-electron chi connectivity index (χ3n) is 3.38. The molecule has 20 heavy (non-hydrogen) atoms. The van der Waals surface area contributed by atoms with Crippen molar-refractivity contribution in [2.24, 2.45) is 0 Å². The number of ether oxygens (including phenoxy) is 1. The van der Waals surface area contributed by atoms with Gasteiger partial charge in [-0.2, -0.15) is 0 Å². The molecule has 2 aromatic carbocycles. The van der Waals surface area contributed by atoms with Crippen LogP contribution in [0.3, 0.4) is 0 Å². The molecule has 0 aromatic heterocycles. The number of halogens is 1. The van der Waals surface area contributed by atoms with E-state index in [2.05, 4.69) is 5.32 Å². The summed E-state index contributed by atoms with van der Waals surface area (Å²) in [5.41, 5.74) is 1.51. The van der Waals surface area contributed by atoms with Crippen molar-refractivity contribution < 1.29 is 9.53 Å². The Balaban J connectivity index is 1.83. The molecule has 1 amide bonds. The third-order valence-corrected chi connectivity index (χ3v) is 3.71. The maximum Gasteiger partial charge on any atom is 0.253 e. The van der Waals surface area contributed by atoms with E-state index >= 15 is 0 Å². The minimum atomic E-state index is -0.155. The predicted octanol–water partition coefficient (Wildman–Crippen LogP) is 3.59. The zero-order valence-electron chi connectivity index (χ0n) is 10.8. The topological polar surface area (TPSA) is 38.3 Å². The summed E-state index contributed by atoms with van der Waals surface area (Å²) in [4.78, 5) is 12.3.